The van der Waals surface area contributed by atoms with Crippen LogP contribution in [0.25, 0.3) is 5.70 Å². The van der Waals surface area contributed by atoms with Crippen LogP contribution in [0, 0.1) is 5.92 Å². The highest BCUT2D eigenvalue weighted by Gasteiger charge is 2.45. The maximum atomic E-state index is 14.3. The number of nitrogens with zero attached hydrogens (tertiary/aromatic N) is 3. The molecule has 196 valence electrons. The Balaban J connectivity index is 1.87. The van der Waals surface area contributed by atoms with Crippen LogP contribution in [0.1, 0.15) is 42.3 Å². The Hall–Kier alpha value is -4.23. The summed E-state index contributed by atoms with van der Waals surface area (Å²) < 4.78 is 0. The van der Waals surface area contributed by atoms with E-state index in [1.54, 1.807) is 30.5 Å². The van der Waals surface area contributed by atoms with Gasteiger partial charge in [-0.25, -0.2) is 10.0 Å². The fourth-order valence-corrected chi connectivity index (χ4v) is 4.85. The normalized spacial score (nSPS) is 16.3. The lowest BCUT2D eigenvalue weighted by Crippen LogP contribution is -2.62. The van der Waals surface area contributed by atoms with Gasteiger partial charge in [0.1, 0.15) is 6.04 Å². The van der Waals surface area contributed by atoms with Gasteiger partial charge in [0.2, 0.25) is 5.91 Å². The quantitative estimate of drug-likeness (QED) is 0.487. The van der Waals surface area contributed by atoms with E-state index in [9.17, 15) is 19.5 Å². The number of rotatable bonds is 8. The summed E-state index contributed by atoms with van der Waals surface area (Å²) in [6, 6.07) is 26.0. The van der Waals surface area contributed by atoms with Gasteiger partial charge in [-0.1, -0.05) is 92.7 Å². The molecule has 3 amide bonds. The van der Waals surface area contributed by atoms with Gasteiger partial charge in [0.25, 0.3) is 11.8 Å². The number of carbonyl (C=O) groups is 3. The van der Waals surface area contributed by atoms with Crippen LogP contribution in [0.5, 0.6) is 0 Å². The molecule has 1 unspecified atom stereocenters. The second-order valence-electron chi connectivity index (χ2n) is 9.69. The standard InChI is InChI=1S/C31H33N3O4/c1-22(2)29-31(38)34(33(23(3)36)27(21-35)19-24-13-7-4-8-14-24)28(25-15-9-5-10-16-25)20-32(29)30(37)26-17-11-6-12-18-26/h4-18,20,22,27,29,35H,19,21H2,1-3H3/t27-,29?/m0/s1. The van der Waals surface area contributed by atoms with E-state index in [1.807, 2.05) is 80.6 Å². The van der Waals surface area contributed by atoms with E-state index < -0.39 is 18.0 Å². The van der Waals surface area contributed by atoms with Crippen molar-refractivity contribution >= 4 is 23.4 Å². The van der Waals surface area contributed by atoms with Crippen molar-refractivity contribution in [3.63, 3.8) is 0 Å². The predicted molar refractivity (Wildman–Crippen MR) is 146 cm³/mol. The highest BCUT2D eigenvalue weighted by molar-refractivity contribution is 6.03. The van der Waals surface area contributed by atoms with Crippen molar-refractivity contribution in [3.8, 4) is 0 Å². The molecule has 3 aromatic carbocycles. The van der Waals surface area contributed by atoms with Gasteiger partial charge in [-0.05, 0) is 30.0 Å². The maximum Gasteiger partial charge on any atom is 0.269 e. The zero-order chi connectivity index (χ0) is 27.2. The monoisotopic (exact) mass is 511 g/mol. The van der Waals surface area contributed by atoms with E-state index >= 15 is 0 Å². The number of benzene rings is 3. The van der Waals surface area contributed by atoms with Crippen molar-refractivity contribution in [2.75, 3.05) is 6.61 Å². The zero-order valence-electron chi connectivity index (χ0n) is 21.9. The van der Waals surface area contributed by atoms with E-state index in [-0.39, 0.29) is 24.3 Å². The first kappa shape index (κ1) is 26.8. The SMILES string of the molecule is CC(=O)N([C@H](CO)Cc1ccccc1)N1C(=O)C(C(C)C)N(C(=O)c2ccccc2)C=C1c1ccccc1. The molecule has 38 heavy (non-hydrogen) atoms. The molecule has 0 aliphatic carbocycles. The van der Waals surface area contributed by atoms with Crippen molar-refractivity contribution in [1.29, 1.82) is 0 Å². The fourth-order valence-electron chi connectivity index (χ4n) is 4.85. The van der Waals surface area contributed by atoms with Crippen molar-refractivity contribution < 1.29 is 19.5 Å². The summed E-state index contributed by atoms with van der Waals surface area (Å²) in [6.45, 7) is 4.78. The molecule has 3 aromatic rings. The van der Waals surface area contributed by atoms with Crippen LogP contribution in [-0.4, -0.2) is 56.4 Å². The first-order chi connectivity index (χ1) is 18.3. The Morgan fingerprint density at radius 1 is 0.895 bits per heavy atom. The molecule has 1 aliphatic heterocycles. The largest absolute Gasteiger partial charge is 0.394 e. The summed E-state index contributed by atoms with van der Waals surface area (Å²) in [6.07, 6.45) is 2.01. The van der Waals surface area contributed by atoms with Crippen LogP contribution in [-0.2, 0) is 16.0 Å². The number of amides is 3. The summed E-state index contributed by atoms with van der Waals surface area (Å²) in [5.74, 6) is -1.35. The third-order valence-corrected chi connectivity index (χ3v) is 6.62. The summed E-state index contributed by atoms with van der Waals surface area (Å²) in [7, 11) is 0. The lowest BCUT2D eigenvalue weighted by atomic mass is 9.96. The molecule has 0 saturated heterocycles. The second kappa shape index (κ2) is 11.9. The van der Waals surface area contributed by atoms with E-state index in [0.29, 0.717) is 23.2 Å². The number of hydrogen-bond donors (Lipinski definition) is 1. The third kappa shape index (κ3) is 5.53. The van der Waals surface area contributed by atoms with Crippen LogP contribution in [0.3, 0.4) is 0 Å². The van der Waals surface area contributed by atoms with E-state index in [1.165, 1.54) is 21.8 Å². The molecule has 0 spiro atoms. The minimum absolute atomic E-state index is 0.248. The molecule has 1 N–H and O–H groups in total. The van der Waals surface area contributed by atoms with E-state index in [0.717, 1.165) is 5.56 Å². The molecule has 1 heterocycles. The number of carbonyl (C=O) groups excluding carboxylic acids is 3. The average molecular weight is 512 g/mol. The molecule has 0 aromatic heterocycles. The lowest BCUT2D eigenvalue weighted by Gasteiger charge is -2.47. The summed E-state index contributed by atoms with van der Waals surface area (Å²) >= 11 is 0. The molecule has 0 radical (unpaired) electrons. The average Bonchev–Trinajstić information content (AvgIpc) is 2.93. The van der Waals surface area contributed by atoms with E-state index in [2.05, 4.69) is 0 Å². The summed E-state index contributed by atoms with van der Waals surface area (Å²) in [4.78, 5) is 42.7. The smallest absolute Gasteiger partial charge is 0.269 e. The number of aliphatic hydroxyl groups excluding tert-OH is 1. The van der Waals surface area contributed by atoms with Gasteiger partial charge in [0, 0.05) is 24.3 Å². The summed E-state index contributed by atoms with van der Waals surface area (Å²) in [5.41, 5.74) is 2.44. The number of hydrazine groups is 1. The zero-order valence-corrected chi connectivity index (χ0v) is 21.9. The third-order valence-electron chi connectivity index (χ3n) is 6.62. The Morgan fingerprint density at radius 2 is 1.45 bits per heavy atom. The van der Waals surface area contributed by atoms with Crippen molar-refractivity contribution in [1.82, 2.24) is 14.9 Å². The molecule has 7 nitrogen and oxygen atoms in total. The Labute approximate surface area is 223 Å². The molecule has 0 saturated carbocycles. The van der Waals surface area contributed by atoms with Crippen molar-refractivity contribution in [2.24, 2.45) is 5.92 Å². The van der Waals surface area contributed by atoms with Crippen LogP contribution >= 0.6 is 0 Å². The van der Waals surface area contributed by atoms with Crippen LogP contribution < -0.4 is 0 Å². The van der Waals surface area contributed by atoms with Gasteiger partial charge in [0.05, 0.1) is 18.3 Å². The summed E-state index contributed by atoms with van der Waals surface area (Å²) in [5, 5.41) is 13.1. The van der Waals surface area contributed by atoms with Gasteiger partial charge < -0.3 is 5.11 Å². The predicted octanol–water partition coefficient (Wildman–Crippen LogP) is 4.36. The maximum absolute atomic E-state index is 14.3. The molecule has 0 bridgehead atoms. The molecule has 1 aliphatic rings. The van der Waals surface area contributed by atoms with Crippen molar-refractivity contribution in [2.45, 2.75) is 39.3 Å². The molecular weight excluding hydrogens is 478 g/mol. The van der Waals surface area contributed by atoms with Crippen LogP contribution in [0.2, 0.25) is 0 Å². The Kier molecular flexibility index (Phi) is 8.38. The minimum Gasteiger partial charge on any atom is -0.394 e. The van der Waals surface area contributed by atoms with Crippen LogP contribution in [0.15, 0.2) is 97.2 Å². The number of aliphatic hydroxyl groups is 1. The van der Waals surface area contributed by atoms with Gasteiger partial charge >= 0.3 is 0 Å². The topological polar surface area (TPSA) is 81.2 Å². The highest BCUT2D eigenvalue weighted by Crippen LogP contribution is 2.33. The Morgan fingerprint density at radius 3 is 1.97 bits per heavy atom. The van der Waals surface area contributed by atoms with Gasteiger partial charge in [-0.2, -0.15) is 0 Å². The minimum atomic E-state index is -0.854. The second-order valence-corrected chi connectivity index (χ2v) is 9.69. The van der Waals surface area contributed by atoms with Crippen LogP contribution in [0.4, 0.5) is 0 Å². The molecule has 4 rings (SSSR count). The van der Waals surface area contributed by atoms with Gasteiger partial charge in [-0.15, -0.1) is 0 Å². The molecule has 0 fully saturated rings. The lowest BCUT2D eigenvalue weighted by molar-refractivity contribution is -0.165. The fraction of sp³-hybridized carbons (Fsp3) is 0.258. The molecule has 2 atom stereocenters. The Bertz CT molecular complexity index is 1290. The van der Waals surface area contributed by atoms with Gasteiger partial charge in [-0.3, -0.25) is 19.3 Å². The molecule has 7 heteroatoms. The van der Waals surface area contributed by atoms with E-state index in [4.69, 9.17) is 0 Å². The first-order valence-electron chi connectivity index (χ1n) is 12.8. The number of hydrogen-bond acceptors (Lipinski definition) is 4. The molecular formula is C31H33N3O4. The van der Waals surface area contributed by atoms with Crippen molar-refractivity contribution in [3.05, 3.63) is 114 Å². The highest BCUT2D eigenvalue weighted by atomic mass is 16.3. The first-order valence-corrected chi connectivity index (χ1v) is 12.8. The van der Waals surface area contributed by atoms with Gasteiger partial charge in [0.15, 0.2) is 0 Å².